The average molecular weight is 1810 g/mol. The second kappa shape index (κ2) is 45.1. The van der Waals surface area contributed by atoms with E-state index in [9.17, 15) is 80.9 Å². The van der Waals surface area contributed by atoms with Gasteiger partial charge in [0.1, 0.15) is 0 Å². The van der Waals surface area contributed by atoms with Gasteiger partial charge in [-0.2, -0.15) is 0 Å². The molecule has 0 radical (unpaired) electrons. The number of nitrogens with one attached hydrogen (secondary N) is 3. The predicted octanol–water partition coefficient (Wildman–Crippen LogP) is 7.66. The van der Waals surface area contributed by atoms with Crippen LogP contribution in [0.15, 0.2) is 140 Å². The smallest absolute Gasteiger partial charge is 0.361 e. The fourth-order valence-corrected chi connectivity index (χ4v) is 21.6. The van der Waals surface area contributed by atoms with E-state index in [4.69, 9.17) is 51.6 Å². The summed E-state index contributed by atoms with van der Waals surface area (Å²) >= 11 is 0. The van der Waals surface area contributed by atoms with Crippen LogP contribution in [0.5, 0.6) is 0 Å². The Morgan fingerprint density at radius 2 is 0.667 bits per heavy atom. The van der Waals surface area contributed by atoms with Gasteiger partial charge in [-0.1, -0.05) is 89.0 Å². The number of piperidine rings is 3. The molecule has 7 amide bonds. The van der Waals surface area contributed by atoms with Crippen LogP contribution in [0.25, 0.3) is 0 Å². The summed E-state index contributed by atoms with van der Waals surface area (Å²) in [6, 6.07) is 38.1. The molecule has 5 aromatic carbocycles. The van der Waals surface area contributed by atoms with Gasteiger partial charge in [0.25, 0.3) is 23.6 Å². The highest BCUT2D eigenvalue weighted by Crippen LogP contribution is 2.55. The number of carbonyl (C=O) groups is 13. The van der Waals surface area contributed by atoms with Crippen LogP contribution in [0.1, 0.15) is 176 Å². The van der Waals surface area contributed by atoms with Gasteiger partial charge in [0.05, 0.1) is 113 Å². The molecule has 6 fully saturated rings. The summed E-state index contributed by atoms with van der Waals surface area (Å²) in [5, 5.41) is 18.5. The number of fused-ring (bicyclic) bond motifs is 8. The van der Waals surface area contributed by atoms with E-state index in [0.29, 0.717) is 91.6 Å². The molecule has 11 unspecified atom stereocenters. The molecular formula is C87H109N8O28P3. The lowest BCUT2D eigenvalue weighted by Crippen LogP contribution is -2.53. The largest absolute Gasteiger partial charge is 0.481 e. The Bertz CT molecular complexity index is 4810. The van der Waals surface area contributed by atoms with Crippen molar-refractivity contribution in [1.82, 2.24) is 40.8 Å². The van der Waals surface area contributed by atoms with Gasteiger partial charge in [-0.05, 0) is 178 Å². The number of benzene rings is 5. The van der Waals surface area contributed by atoms with E-state index in [-0.39, 0.29) is 141 Å². The molecule has 5 aromatic rings. The number of nitrogens with zero attached hydrogens (tertiary/aromatic N) is 5. The Labute approximate surface area is 729 Å². The van der Waals surface area contributed by atoms with Crippen molar-refractivity contribution >= 4 is 116 Å². The number of rotatable bonds is 40. The maximum Gasteiger partial charge on any atom is 0.361 e. The van der Waals surface area contributed by atoms with E-state index < -0.39 is 124 Å². The first-order valence-electron chi connectivity index (χ1n) is 42.4. The van der Waals surface area contributed by atoms with Crippen molar-refractivity contribution in [2.75, 3.05) is 74.8 Å². The average Bonchev–Trinajstić information content (AvgIpc) is 1.53. The number of hydrogen-bond acceptors (Lipinski definition) is 29. The minimum Gasteiger partial charge on any atom is -0.481 e. The maximum atomic E-state index is 13.7. The highest BCUT2D eigenvalue weighted by atomic mass is 31.2. The number of carboxylic acid groups (broad SMARTS) is 1. The molecule has 0 spiro atoms. The maximum absolute atomic E-state index is 13.7. The van der Waals surface area contributed by atoms with Crippen LogP contribution >= 0.6 is 22.8 Å². The van der Waals surface area contributed by atoms with Crippen LogP contribution in [0, 0.1) is 17.8 Å². The van der Waals surface area contributed by atoms with Crippen molar-refractivity contribution in [3.63, 3.8) is 0 Å². The van der Waals surface area contributed by atoms with Crippen LogP contribution in [0.3, 0.4) is 0 Å². The first-order valence-corrected chi connectivity index (χ1v) is 47.0. The quantitative estimate of drug-likeness (QED) is 0.00825. The molecule has 680 valence electrons. The first-order chi connectivity index (χ1) is 60.4. The van der Waals surface area contributed by atoms with Crippen LogP contribution in [-0.4, -0.2) is 241 Å². The van der Waals surface area contributed by atoms with E-state index in [1.165, 1.54) is 50.6 Å². The normalized spacial score (nSPS) is 24.1. The van der Waals surface area contributed by atoms with E-state index in [2.05, 4.69) is 30.7 Å². The monoisotopic (exact) mass is 1810 g/mol. The van der Waals surface area contributed by atoms with E-state index in [1.54, 1.807) is 91.0 Å². The van der Waals surface area contributed by atoms with Gasteiger partial charge >= 0.3 is 58.6 Å². The molecule has 126 heavy (non-hydrogen) atoms. The molecule has 13 rings (SSSR count). The highest BCUT2D eigenvalue weighted by molar-refractivity contribution is 7.62. The van der Waals surface area contributed by atoms with Crippen molar-refractivity contribution in [2.45, 2.75) is 189 Å². The Morgan fingerprint density at radius 3 is 0.968 bits per heavy atom. The lowest BCUT2D eigenvalue weighted by atomic mass is 9.88. The van der Waals surface area contributed by atoms with Gasteiger partial charge in [-0.3, -0.25) is 81.1 Å². The molecule has 36 nitrogen and oxygen atoms in total. The second-order valence-electron chi connectivity index (χ2n) is 31.9. The summed E-state index contributed by atoms with van der Waals surface area (Å²) < 4.78 is 85.8. The summed E-state index contributed by atoms with van der Waals surface area (Å²) in [5.74, 6) is -10.1. The number of esters is 3. The first kappa shape index (κ1) is 96.6. The number of carbonyl (C=O) groups excluding carboxylic acids is 12. The van der Waals surface area contributed by atoms with Crippen molar-refractivity contribution in [1.29, 1.82) is 0 Å². The molecule has 8 aliphatic heterocycles. The zero-order valence-electron chi connectivity index (χ0n) is 70.9. The number of hydrogen-bond donors (Lipinski definition) is 5. The topological polar surface area (TPSA) is 458 Å². The zero-order chi connectivity index (χ0) is 90.4. The number of hydroxylamine groups is 4. The molecule has 6 saturated heterocycles. The summed E-state index contributed by atoms with van der Waals surface area (Å²) in [5.41, 5.74) is 0.582. The third-order valence-electron chi connectivity index (χ3n) is 24.0. The van der Waals surface area contributed by atoms with Gasteiger partial charge in [0, 0.05) is 89.4 Å². The fourth-order valence-electron chi connectivity index (χ4n) is 17.3. The predicted molar refractivity (Wildman–Crippen MR) is 451 cm³/mol. The summed E-state index contributed by atoms with van der Waals surface area (Å²) in [6.07, 6.45) is 6.48. The lowest BCUT2D eigenvalue weighted by molar-refractivity contribution is -0.169. The minimum atomic E-state index is -4.15. The molecular weight excluding hydrogens is 1700 g/mol. The lowest BCUT2D eigenvalue weighted by Gasteiger charge is -2.42. The molecule has 6 bridgehead atoms. The highest BCUT2D eigenvalue weighted by Gasteiger charge is 2.56. The van der Waals surface area contributed by atoms with Gasteiger partial charge in [0.15, 0.2) is 0 Å². The van der Waals surface area contributed by atoms with Gasteiger partial charge in [0.2, 0.25) is 17.7 Å². The molecule has 0 saturated carbocycles. The molecule has 39 heteroatoms. The van der Waals surface area contributed by atoms with Gasteiger partial charge in [-0.25, -0.2) is 9.59 Å². The molecule has 0 aliphatic carbocycles. The second-order valence-corrected chi connectivity index (χ2v) is 37.8. The van der Waals surface area contributed by atoms with Crippen LogP contribution in [0.2, 0.25) is 0 Å². The van der Waals surface area contributed by atoms with Crippen LogP contribution in [-0.2, 0) is 103 Å². The molecule has 15 atom stereocenters. The van der Waals surface area contributed by atoms with Crippen molar-refractivity contribution in [2.24, 2.45) is 17.8 Å². The molecule has 8 aliphatic rings. The van der Waals surface area contributed by atoms with E-state index in [1.807, 2.05) is 33.3 Å². The van der Waals surface area contributed by atoms with Gasteiger partial charge in [-0.15, -0.1) is 0 Å². The Kier molecular flexibility index (Phi) is 34.5. The van der Waals surface area contributed by atoms with Crippen LogP contribution < -0.4 is 31.9 Å². The van der Waals surface area contributed by atoms with Crippen molar-refractivity contribution in [3.05, 3.63) is 162 Å². The fraction of sp³-hybridized carbons (Fsp3) is 0.506. The number of aliphatic carboxylic acids is 1. The molecule has 0 aromatic heterocycles. The summed E-state index contributed by atoms with van der Waals surface area (Å²) in [4.78, 5) is 187. The van der Waals surface area contributed by atoms with E-state index in [0.717, 1.165) is 38.5 Å². The Hall–Kier alpha value is -10.1. The number of imide groups is 2. The Balaban J connectivity index is 0.000000185. The van der Waals surface area contributed by atoms with Gasteiger partial charge < -0.3 is 72.5 Å². The molecule has 8 heterocycles. The number of ether oxygens (including phenoxy) is 3. The Morgan fingerprint density at radius 1 is 0.381 bits per heavy atom. The number of amides is 7. The summed E-state index contributed by atoms with van der Waals surface area (Å²) in [7, 11) is -2.80. The van der Waals surface area contributed by atoms with E-state index >= 15 is 0 Å². The summed E-state index contributed by atoms with van der Waals surface area (Å²) in [6.45, 7) is 1.36. The molecule has 5 N–H and O–H groups in total. The van der Waals surface area contributed by atoms with Crippen molar-refractivity contribution < 1.29 is 133 Å². The zero-order valence-corrected chi connectivity index (χ0v) is 73.6. The minimum absolute atomic E-state index is 0.0548. The standard InChI is InChI=1S/C32H38N3O10P.C31H36N3O10P.C24H35N2O8P/c1-34-21-14-15-25(34)29(26(20-21)45-46(41,42-2)22-10-4-3-5-11-22)32(40)43-19-9-8-18-33-27(36)16-17-28(37)44-35-30(38)23-12-6-7-13-24(23)31(35)39;1-33-20-13-14-24(33)28(25(19-20)44-45(40,41)21-9-3-2-4-10-21)31(39)42-18-8-7-17-32-26(35)15-16-27(36)43-34-29(37)22-11-5-6-12-23(22)30(34)38;1-26-17-10-11-19(26)23(20(16-17)34-35(31,32-2)18-8-4-3-5-9-18)24(30)33-15-7-6-14-25-21(27)12-13-22(28)29/h3-7,10-13,21,25-26,29H,8-9,14-20H2,1-2H3,(H,33,36);2-6,9-12,20,24-25,28H,7-8,13-19H2,1H3,(H,32,35)(H,40,41);3-5,8-9,17,19-20,23H,6-7,10-16H2,1-2H3,(H,25,27)(H,28,29)/t21?,25?,26?,29-,46?;20?,24?,25-,28+;17?,19?,20?,23-,35?/m101/s1. The number of unbranched alkanes of at least 4 members (excludes halogenated alkanes) is 3. The third-order valence-corrected chi connectivity index (χ3v) is 29.4. The SMILES string of the molecule is CN1C2CCC1[C@@H](C(=O)OCCCCNC(=O)CCC(=O)ON1C(=O)c3ccccc3C1=O)[C@@H](OP(=O)(O)c1ccccc1)C2.COP(=O)(OC1CC2CCC([C@H]1C(=O)OCCCCNC(=O)CCC(=O)O)N2C)c1ccccc1.COP(=O)(OC1CC2CCC([C@H]1C(=O)OCCCCNC(=O)CCC(=O)ON1C(=O)c3ccccc3C1=O)N2C)c1ccccc1. The van der Waals surface area contributed by atoms with Crippen LogP contribution in [0.4, 0.5) is 0 Å². The number of carboxylic acids is 1. The van der Waals surface area contributed by atoms with Crippen molar-refractivity contribution in [3.8, 4) is 0 Å². The third kappa shape index (κ3) is 24.4.